The number of nitrogens with one attached hydrogen (secondary N) is 1. The van der Waals surface area contributed by atoms with Crippen LogP contribution in [0, 0.1) is 5.92 Å². The van der Waals surface area contributed by atoms with E-state index in [1.807, 2.05) is 0 Å². The molecule has 14 heteroatoms. The van der Waals surface area contributed by atoms with E-state index in [9.17, 15) is 24.2 Å². The van der Waals surface area contributed by atoms with Gasteiger partial charge < -0.3 is 30.7 Å². The number of carbonyl (C=O) groups excluding carboxylic acids is 2. The standard InChI is InChI=1S/C15H24B3F2N3O6/c1-5(2)8(21)11(26)28-15(17,18)13(20)9(24)10(25)14(16,29-13)23-4-7(19)6(3)22-12(23)27/h4-5,8-10,24-25H,3,16-18,21H2,1-2H3,(H,22,27)/t8-,9-,10+,13-,14-/m0/s1. The minimum atomic E-state index is -3.16. The summed E-state index contributed by atoms with van der Waals surface area (Å²) in [7, 11) is 3.32. The predicted molar refractivity (Wildman–Crippen MR) is 106 cm³/mol. The zero-order valence-corrected chi connectivity index (χ0v) is 16.9. The second-order valence-corrected chi connectivity index (χ2v) is 8.15. The largest absolute Gasteiger partial charge is 0.471 e. The van der Waals surface area contributed by atoms with Gasteiger partial charge in [0.2, 0.25) is 0 Å². The number of hydrogen-bond acceptors (Lipinski definition) is 7. The van der Waals surface area contributed by atoms with Crippen molar-refractivity contribution in [1.82, 2.24) is 10.2 Å². The van der Waals surface area contributed by atoms with Gasteiger partial charge in [-0.3, -0.25) is 9.69 Å². The first-order chi connectivity index (χ1) is 13.1. The molecule has 5 N–H and O–H groups in total. The van der Waals surface area contributed by atoms with Crippen molar-refractivity contribution in [2.24, 2.45) is 11.7 Å². The summed E-state index contributed by atoms with van der Waals surface area (Å²) in [6.45, 7) is 6.62. The molecule has 0 bridgehead atoms. The van der Waals surface area contributed by atoms with Crippen LogP contribution in [0.25, 0.3) is 0 Å². The minimum Gasteiger partial charge on any atom is -0.471 e. The van der Waals surface area contributed by atoms with E-state index in [2.05, 4.69) is 11.9 Å². The number of amides is 2. The molecule has 2 aliphatic heterocycles. The van der Waals surface area contributed by atoms with Gasteiger partial charge in [0.05, 0.1) is 5.70 Å². The third-order valence-electron chi connectivity index (χ3n) is 5.24. The quantitative estimate of drug-likeness (QED) is 0.272. The molecule has 2 aliphatic rings. The number of urea groups is 1. The molecule has 29 heavy (non-hydrogen) atoms. The fraction of sp³-hybridized carbons (Fsp3) is 0.600. The number of aliphatic hydroxyl groups is 2. The van der Waals surface area contributed by atoms with E-state index in [4.69, 9.17) is 15.2 Å². The van der Waals surface area contributed by atoms with Gasteiger partial charge in [0.15, 0.2) is 29.4 Å². The molecule has 0 radical (unpaired) electrons. The number of nitrogens with zero attached hydrogens (tertiary/aromatic N) is 1. The molecule has 0 aromatic heterocycles. The second-order valence-electron chi connectivity index (χ2n) is 8.15. The Morgan fingerprint density at radius 1 is 1.48 bits per heavy atom. The second kappa shape index (κ2) is 7.42. The van der Waals surface area contributed by atoms with Crippen molar-refractivity contribution in [2.75, 3.05) is 0 Å². The highest BCUT2D eigenvalue weighted by Crippen LogP contribution is 2.46. The molecule has 0 aromatic carbocycles. The average molecular weight is 413 g/mol. The highest BCUT2D eigenvalue weighted by Gasteiger charge is 2.70. The predicted octanol–water partition coefficient (Wildman–Crippen LogP) is -3.51. The monoisotopic (exact) mass is 413 g/mol. The lowest BCUT2D eigenvalue weighted by Crippen LogP contribution is -2.63. The number of allylic oxidation sites excluding steroid dienone is 1. The van der Waals surface area contributed by atoms with Crippen molar-refractivity contribution in [2.45, 2.75) is 49.0 Å². The molecule has 0 aliphatic carbocycles. The lowest BCUT2D eigenvalue weighted by Gasteiger charge is -2.42. The number of aliphatic hydroxyl groups excluding tert-OH is 2. The molecule has 1 saturated heterocycles. The Morgan fingerprint density at radius 2 is 2.03 bits per heavy atom. The van der Waals surface area contributed by atoms with E-state index in [1.165, 1.54) is 0 Å². The van der Waals surface area contributed by atoms with Crippen LogP contribution in [0.3, 0.4) is 0 Å². The fourth-order valence-corrected chi connectivity index (χ4v) is 3.08. The first-order valence-electron chi connectivity index (χ1n) is 8.99. The number of halogens is 2. The molecular weight excluding hydrogens is 389 g/mol. The van der Waals surface area contributed by atoms with Crippen molar-refractivity contribution in [3.05, 3.63) is 24.3 Å². The van der Waals surface area contributed by atoms with E-state index >= 15 is 4.39 Å². The van der Waals surface area contributed by atoms with E-state index in [-0.39, 0.29) is 11.6 Å². The Bertz CT molecular complexity index is 770. The highest BCUT2D eigenvalue weighted by molar-refractivity contribution is 6.40. The Hall–Kier alpha value is -1.89. The highest BCUT2D eigenvalue weighted by atomic mass is 19.2. The third-order valence-corrected chi connectivity index (χ3v) is 5.24. The first kappa shape index (κ1) is 23.4. The summed E-state index contributed by atoms with van der Waals surface area (Å²) in [5.74, 6) is -5.37. The maximum Gasteiger partial charge on any atom is 0.327 e. The van der Waals surface area contributed by atoms with Gasteiger partial charge in [0.25, 0.3) is 5.85 Å². The van der Waals surface area contributed by atoms with Crippen molar-refractivity contribution in [1.29, 1.82) is 0 Å². The van der Waals surface area contributed by atoms with Crippen LogP contribution in [-0.4, -0.2) is 85.8 Å². The topological polar surface area (TPSA) is 134 Å². The molecule has 0 saturated carbocycles. The van der Waals surface area contributed by atoms with Gasteiger partial charge in [0.1, 0.15) is 29.3 Å². The SMILES string of the molecule is BC(B)(OC(=O)[C@@H](N)C(C)C)[C@@]1(F)O[C@@](B)(N2C=C(F)C(=C)NC2=O)[C@H](O)[C@@H]1O. The van der Waals surface area contributed by atoms with E-state index in [1.54, 1.807) is 13.8 Å². The van der Waals surface area contributed by atoms with E-state index in [0.29, 0.717) is 11.1 Å². The maximum absolute atomic E-state index is 15.9. The van der Waals surface area contributed by atoms with Crippen LogP contribution in [0.4, 0.5) is 13.6 Å². The zero-order valence-electron chi connectivity index (χ0n) is 16.9. The van der Waals surface area contributed by atoms with Gasteiger partial charge in [0, 0.05) is 6.20 Å². The molecule has 2 heterocycles. The van der Waals surface area contributed by atoms with E-state index < -0.39 is 53.0 Å². The Kier molecular flexibility index (Phi) is 5.99. The van der Waals surface area contributed by atoms with Crippen molar-refractivity contribution in [3.63, 3.8) is 0 Å². The number of alkyl halides is 1. The van der Waals surface area contributed by atoms with Gasteiger partial charge in [-0.05, 0) is 5.92 Å². The van der Waals surface area contributed by atoms with Gasteiger partial charge in [-0.2, -0.15) is 0 Å². The normalized spacial score (nSPS) is 34.1. The molecule has 9 nitrogen and oxygen atoms in total. The lowest BCUT2D eigenvalue weighted by molar-refractivity contribution is -0.250. The summed E-state index contributed by atoms with van der Waals surface area (Å²) in [5, 5.41) is 20.9. The smallest absolute Gasteiger partial charge is 0.327 e. The maximum atomic E-state index is 15.9. The molecule has 1 fully saturated rings. The number of nitrogens with two attached hydrogens (primary N) is 1. The van der Waals surface area contributed by atoms with Crippen LogP contribution in [0.2, 0.25) is 0 Å². The Balaban J connectivity index is 2.39. The molecule has 5 atom stereocenters. The molecule has 0 aromatic rings. The fourth-order valence-electron chi connectivity index (χ4n) is 3.08. The van der Waals surface area contributed by atoms with Crippen LogP contribution in [0.5, 0.6) is 0 Å². The summed E-state index contributed by atoms with van der Waals surface area (Å²) in [6.07, 6.45) is -3.61. The molecule has 2 amide bonds. The van der Waals surface area contributed by atoms with Gasteiger partial charge >= 0.3 is 12.0 Å². The van der Waals surface area contributed by atoms with Crippen LogP contribution in [0.1, 0.15) is 13.8 Å². The average Bonchev–Trinajstić information content (AvgIpc) is 2.79. The molecule has 158 valence electrons. The number of esters is 1. The first-order valence-corrected chi connectivity index (χ1v) is 8.99. The number of rotatable bonds is 5. The summed E-state index contributed by atoms with van der Waals surface area (Å²) < 4.78 is 40.3. The van der Waals surface area contributed by atoms with Gasteiger partial charge in [-0.15, -0.1) is 0 Å². The van der Waals surface area contributed by atoms with Crippen molar-refractivity contribution in [3.8, 4) is 0 Å². The number of ether oxygens (including phenoxy) is 2. The summed E-state index contributed by atoms with van der Waals surface area (Å²) in [4.78, 5) is 25.0. The van der Waals surface area contributed by atoms with Crippen molar-refractivity contribution < 1.29 is 38.1 Å². The van der Waals surface area contributed by atoms with Crippen LogP contribution in [0.15, 0.2) is 24.3 Å². The summed E-state index contributed by atoms with van der Waals surface area (Å²) in [6, 6.07) is -2.03. The lowest BCUT2D eigenvalue weighted by atomic mass is 9.59. The Morgan fingerprint density at radius 3 is 2.55 bits per heavy atom. The zero-order chi connectivity index (χ0) is 22.5. The van der Waals surface area contributed by atoms with Crippen LogP contribution in [-0.2, 0) is 14.3 Å². The Labute approximate surface area is 169 Å². The molecular formula is C15H24B3F2N3O6. The summed E-state index contributed by atoms with van der Waals surface area (Å²) >= 11 is 0. The minimum absolute atomic E-state index is 0.308. The van der Waals surface area contributed by atoms with Gasteiger partial charge in [-0.25, -0.2) is 13.6 Å². The number of carbonyl (C=O) groups is 2. The van der Waals surface area contributed by atoms with Crippen molar-refractivity contribution >= 4 is 35.5 Å². The van der Waals surface area contributed by atoms with Crippen LogP contribution < -0.4 is 11.1 Å². The van der Waals surface area contributed by atoms with E-state index in [0.717, 1.165) is 23.5 Å². The molecule has 0 unspecified atom stereocenters. The molecule has 2 rings (SSSR count). The van der Waals surface area contributed by atoms with Crippen LogP contribution >= 0.6 is 0 Å². The third kappa shape index (κ3) is 3.69. The summed E-state index contributed by atoms with van der Waals surface area (Å²) in [5.41, 5.74) is 3.16. The molecule has 0 spiro atoms. The van der Waals surface area contributed by atoms with Gasteiger partial charge in [-0.1, -0.05) is 20.4 Å². The number of hydrogen-bond donors (Lipinski definition) is 4.